The molecule has 0 unspecified atom stereocenters. The number of nitriles is 2. The van der Waals surface area contributed by atoms with Crippen LogP contribution in [-0.4, -0.2) is 11.6 Å². The van der Waals surface area contributed by atoms with Gasteiger partial charge in [-0.05, 0) is 18.2 Å². The first-order chi connectivity index (χ1) is 9.27. The number of carbonyl (C=O) groups is 1. The fourth-order valence-corrected chi connectivity index (χ4v) is 1.19. The second-order valence-corrected chi connectivity index (χ2v) is 3.46. The van der Waals surface area contributed by atoms with Gasteiger partial charge in [0.2, 0.25) is 11.6 Å². The molecule has 3 N–H and O–H groups in total. The van der Waals surface area contributed by atoms with Gasteiger partial charge in [0, 0.05) is 5.56 Å². The molecule has 1 aromatic carbocycles. The van der Waals surface area contributed by atoms with E-state index in [0.29, 0.717) is 12.1 Å². The fourth-order valence-electron chi connectivity index (χ4n) is 1.19. The van der Waals surface area contributed by atoms with Gasteiger partial charge in [0.05, 0.1) is 11.3 Å². The summed E-state index contributed by atoms with van der Waals surface area (Å²) in [6, 6.07) is 5.11. The number of primary amides is 1. The summed E-state index contributed by atoms with van der Waals surface area (Å²) in [6.07, 6.45) is -4.68. The van der Waals surface area contributed by atoms with Gasteiger partial charge < -0.3 is 5.73 Å². The zero-order chi connectivity index (χ0) is 15.3. The lowest BCUT2D eigenvalue weighted by Crippen LogP contribution is -2.14. The molecule has 20 heavy (non-hydrogen) atoms. The quantitative estimate of drug-likeness (QED) is 0.646. The number of nitrogens with one attached hydrogen (secondary N) is 1. The van der Waals surface area contributed by atoms with Gasteiger partial charge in [-0.2, -0.15) is 28.8 Å². The number of nitrogens with two attached hydrogens (primary N) is 1. The van der Waals surface area contributed by atoms with Gasteiger partial charge in [-0.1, -0.05) is 0 Å². The van der Waals surface area contributed by atoms with E-state index in [1.165, 1.54) is 12.1 Å². The molecule has 0 heterocycles. The first-order valence-corrected chi connectivity index (χ1v) is 4.94. The molecule has 0 aliphatic heterocycles. The number of nitrogens with zero attached hydrogens (tertiary/aromatic N) is 3. The average Bonchev–Trinajstić information content (AvgIpc) is 2.38. The first kappa shape index (κ1) is 15.0. The third-order valence-electron chi connectivity index (χ3n) is 2.05. The van der Waals surface area contributed by atoms with Crippen LogP contribution in [0.25, 0.3) is 0 Å². The molecule has 102 valence electrons. The van der Waals surface area contributed by atoms with Crippen LogP contribution in [0.4, 0.5) is 18.9 Å². The molecular weight excluding hydrogens is 275 g/mol. The van der Waals surface area contributed by atoms with Gasteiger partial charge in [0.25, 0.3) is 0 Å². The van der Waals surface area contributed by atoms with Crippen LogP contribution in [0, 0.1) is 22.7 Å². The number of benzene rings is 1. The largest absolute Gasteiger partial charge is 0.416 e. The summed E-state index contributed by atoms with van der Waals surface area (Å²) >= 11 is 0. The first-order valence-electron chi connectivity index (χ1n) is 4.94. The number of hydrazone groups is 1. The summed E-state index contributed by atoms with van der Waals surface area (Å²) < 4.78 is 37.9. The van der Waals surface area contributed by atoms with Crippen molar-refractivity contribution in [3.05, 3.63) is 29.3 Å². The smallest absolute Gasteiger partial charge is 0.366 e. The molecule has 0 fully saturated rings. The summed E-state index contributed by atoms with van der Waals surface area (Å²) in [5.74, 6) is -1.05. The van der Waals surface area contributed by atoms with Crippen LogP contribution in [-0.2, 0) is 6.18 Å². The van der Waals surface area contributed by atoms with Crippen molar-refractivity contribution in [2.45, 2.75) is 6.18 Å². The molecule has 0 spiro atoms. The highest BCUT2D eigenvalue weighted by atomic mass is 19.4. The molecule has 6 nitrogen and oxygen atoms in total. The molecule has 0 bridgehead atoms. The van der Waals surface area contributed by atoms with E-state index >= 15 is 0 Å². The van der Waals surface area contributed by atoms with Crippen LogP contribution in [0.3, 0.4) is 0 Å². The highest BCUT2D eigenvalue weighted by molar-refractivity contribution is 6.10. The maximum absolute atomic E-state index is 12.6. The maximum Gasteiger partial charge on any atom is 0.416 e. The van der Waals surface area contributed by atoms with E-state index in [0.717, 1.165) is 6.07 Å². The van der Waals surface area contributed by atoms with E-state index in [1.807, 2.05) is 0 Å². The van der Waals surface area contributed by atoms with Gasteiger partial charge in [-0.25, -0.2) is 0 Å². The standard InChI is InChI=1S/C11H6F3N5O/c12-11(13,14)7-1-6(10(17)20)2-8(3-7)18-19-9(4-15)5-16/h1-3,18H,(H2,17,20). The SMILES string of the molecule is N#CC(C#N)=NNc1cc(C(N)=O)cc(C(F)(F)F)c1. The third-order valence-corrected chi connectivity index (χ3v) is 2.05. The Morgan fingerprint density at radius 1 is 1.25 bits per heavy atom. The van der Waals surface area contributed by atoms with Crippen molar-refractivity contribution in [1.29, 1.82) is 10.5 Å². The molecule has 0 saturated carbocycles. The molecule has 9 heteroatoms. The predicted octanol–water partition coefficient (Wildman–Crippen LogP) is 1.62. The van der Waals surface area contributed by atoms with Crippen molar-refractivity contribution in [3.63, 3.8) is 0 Å². The second-order valence-electron chi connectivity index (χ2n) is 3.46. The van der Waals surface area contributed by atoms with Crippen molar-refractivity contribution >= 4 is 17.3 Å². The minimum atomic E-state index is -4.68. The Balaban J connectivity index is 3.25. The van der Waals surface area contributed by atoms with E-state index in [4.69, 9.17) is 16.3 Å². The van der Waals surface area contributed by atoms with Crippen molar-refractivity contribution in [3.8, 4) is 12.1 Å². The van der Waals surface area contributed by atoms with Crippen molar-refractivity contribution < 1.29 is 18.0 Å². The number of rotatable bonds is 3. The number of anilines is 1. The van der Waals surface area contributed by atoms with Crippen molar-refractivity contribution in [1.82, 2.24) is 0 Å². The summed E-state index contributed by atoms with van der Waals surface area (Å²) in [5.41, 5.74) is 4.72. The minimum absolute atomic E-state index is 0.225. The minimum Gasteiger partial charge on any atom is -0.366 e. The van der Waals surface area contributed by atoms with Crippen LogP contribution in [0.5, 0.6) is 0 Å². The predicted molar refractivity (Wildman–Crippen MR) is 62.2 cm³/mol. The lowest BCUT2D eigenvalue weighted by Gasteiger charge is -2.10. The van der Waals surface area contributed by atoms with Gasteiger partial charge in [-0.3, -0.25) is 10.2 Å². The number of hydrogen-bond acceptors (Lipinski definition) is 5. The molecular formula is C11H6F3N5O. The maximum atomic E-state index is 12.6. The molecule has 0 atom stereocenters. The van der Waals surface area contributed by atoms with Crippen molar-refractivity contribution in [2.24, 2.45) is 10.8 Å². The fraction of sp³-hybridized carbons (Fsp3) is 0.0909. The summed E-state index contributed by atoms with van der Waals surface area (Å²) in [4.78, 5) is 11.0. The lowest BCUT2D eigenvalue weighted by atomic mass is 10.1. The average molecular weight is 281 g/mol. The molecule has 1 rings (SSSR count). The van der Waals surface area contributed by atoms with Crippen LogP contribution in [0.1, 0.15) is 15.9 Å². The van der Waals surface area contributed by atoms with E-state index in [1.54, 1.807) is 0 Å². The van der Waals surface area contributed by atoms with Crippen LogP contribution in [0.15, 0.2) is 23.3 Å². The lowest BCUT2D eigenvalue weighted by molar-refractivity contribution is -0.137. The molecule has 1 aromatic rings. The zero-order valence-corrected chi connectivity index (χ0v) is 9.69. The second kappa shape index (κ2) is 5.71. The Bertz CT molecular complexity index is 635. The Morgan fingerprint density at radius 3 is 2.30 bits per heavy atom. The normalized spacial score (nSPS) is 10.1. The number of halogens is 3. The van der Waals surface area contributed by atoms with Crippen molar-refractivity contribution in [2.75, 3.05) is 5.43 Å². The monoisotopic (exact) mass is 281 g/mol. The van der Waals surface area contributed by atoms with Crippen LogP contribution in [0.2, 0.25) is 0 Å². The highest BCUT2D eigenvalue weighted by Gasteiger charge is 2.31. The van der Waals surface area contributed by atoms with E-state index in [9.17, 15) is 18.0 Å². The molecule has 0 aromatic heterocycles. The number of hydrogen-bond donors (Lipinski definition) is 2. The van der Waals surface area contributed by atoms with E-state index < -0.39 is 23.4 Å². The Morgan fingerprint density at radius 2 is 1.85 bits per heavy atom. The number of carbonyl (C=O) groups excluding carboxylic acids is 1. The summed E-state index contributed by atoms with van der Waals surface area (Å²) in [7, 11) is 0. The Hall–Kier alpha value is -3.07. The highest BCUT2D eigenvalue weighted by Crippen LogP contribution is 2.31. The number of amides is 1. The van der Waals surface area contributed by atoms with Gasteiger partial charge in [-0.15, -0.1) is 0 Å². The molecule has 0 aliphatic carbocycles. The molecule has 0 radical (unpaired) electrons. The number of alkyl halides is 3. The third kappa shape index (κ3) is 3.71. The Kier molecular flexibility index (Phi) is 4.28. The summed E-state index contributed by atoms with van der Waals surface area (Å²) in [5, 5.41) is 20.1. The van der Waals surface area contributed by atoms with E-state index in [-0.39, 0.29) is 11.3 Å². The van der Waals surface area contributed by atoms with Crippen LogP contribution >= 0.6 is 0 Å². The van der Waals surface area contributed by atoms with Gasteiger partial charge >= 0.3 is 6.18 Å². The Labute approximate surface area is 110 Å². The molecule has 1 amide bonds. The van der Waals surface area contributed by atoms with Crippen LogP contribution < -0.4 is 11.2 Å². The van der Waals surface area contributed by atoms with E-state index in [2.05, 4.69) is 10.5 Å². The topological polar surface area (TPSA) is 115 Å². The molecule has 0 saturated heterocycles. The van der Waals surface area contributed by atoms with Gasteiger partial charge in [0.1, 0.15) is 12.1 Å². The molecule has 0 aliphatic rings. The zero-order valence-electron chi connectivity index (χ0n) is 9.69. The summed E-state index contributed by atoms with van der Waals surface area (Å²) in [6.45, 7) is 0. The van der Waals surface area contributed by atoms with Gasteiger partial charge in [0.15, 0.2) is 0 Å².